The van der Waals surface area contributed by atoms with E-state index in [-0.39, 0.29) is 15.8 Å². The third-order valence-electron chi connectivity index (χ3n) is 4.50. The second-order valence-corrected chi connectivity index (χ2v) is 9.83. The minimum Gasteiger partial charge on any atom is -0.384 e. The smallest absolute Gasteiger partial charge is 0.189 e. The van der Waals surface area contributed by atoms with E-state index in [0.29, 0.717) is 17.1 Å². The van der Waals surface area contributed by atoms with Gasteiger partial charge in [0.25, 0.3) is 0 Å². The Hall–Kier alpha value is -3.04. The Balaban J connectivity index is 2.04. The van der Waals surface area contributed by atoms with Crippen molar-refractivity contribution in [2.45, 2.75) is 23.5 Å². The molecule has 2 aromatic carbocycles. The molecule has 1 heterocycles. The lowest BCUT2D eigenvalue weighted by atomic mass is 10.1. The van der Waals surface area contributed by atoms with Gasteiger partial charge in [-0.15, -0.1) is 0 Å². The summed E-state index contributed by atoms with van der Waals surface area (Å²) in [6.07, 6.45) is 0. The number of hydrogen-bond acceptors (Lipinski definition) is 6. The summed E-state index contributed by atoms with van der Waals surface area (Å²) in [6.45, 7) is 3.21. The van der Waals surface area contributed by atoms with E-state index in [0.717, 1.165) is 5.69 Å². The zero-order valence-corrected chi connectivity index (χ0v) is 17.6. The fourth-order valence-electron chi connectivity index (χ4n) is 2.78. The van der Waals surface area contributed by atoms with Crippen molar-refractivity contribution in [2.24, 2.45) is 5.73 Å². The van der Waals surface area contributed by atoms with E-state index in [1.54, 1.807) is 68.4 Å². The summed E-state index contributed by atoms with van der Waals surface area (Å²) in [7, 11) is -3.71. The summed E-state index contributed by atoms with van der Waals surface area (Å²) < 4.78 is 25.1. The highest BCUT2D eigenvalue weighted by molar-refractivity contribution is 7.92. The summed E-state index contributed by atoms with van der Waals surface area (Å²) in [5, 5.41) is 2.99. The van der Waals surface area contributed by atoms with E-state index in [9.17, 15) is 8.42 Å². The highest BCUT2D eigenvalue weighted by Gasteiger charge is 2.39. The first-order chi connectivity index (χ1) is 13.6. The van der Waals surface area contributed by atoms with Gasteiger partial charge >= 0.3 is 0 Å². The molecule has 0 saturated carbocycles. The average Bonchev–Trinajstić information content (AvgIpc) is 2.68. The lowest BCUT2D eigenvalue weighted by Gasteiger charge is -2.25. The van der Waals surface area contributed by atoms with Crippen LogP contribution in [0.5, 0.6) is 0 Å². The third kappa shape index (κ3) is 4.20. The number of rotatable bonds is 5. The quantitative estimate of drug-likeness (QED) is 0.531. The molecule has 0 amide bonds. The third-order valence-corrected chi connectivity index (χ3v) is 7.05. The number of nitrogen functional groups attached to an aromatic ring is 1. The minimum atomic E-state index is -3.71. The van der Waals surface area contributed by atoms with Crippen LogP contribution >= 0.6 is 12.2 Å². The van der Waals surface area contributed by atoms with Crippen molar-refractivity contribution >= 4 is 38.7 Å². The highest BCUT2D eigenvalue weighted by Crippen LogP contribution is 2.35. The Labute approximate surface area is 175 Å². The zero-order valence-electron chi connectivity index (χ0n) is 16.0. The maximum atomic E-state index is 13.2. The van der Waals surface area contributed by atoms with Crippen LogP contribution < -0.4 is 16.8 Å². The summed E-state index contributed by atoms with van der Waals surface area (Å²) >= 11 is 4.82. The molecule has 150 valence electrons. The van der Waals surface area contributed by atoms with Crippen LogP contribution in [0.25, 0.3) is 11.4 Å². The minimum absolute atomic E-state index is 0.160. The number of aromatic nitrogens is 2. The molecule has 29 heavy (non-hydrogen) atoms. The molecular formula is C20H21N5O2S2. The molecule has 0 aliphatic rings. The Kier molecular flexibility index (Phi) is 5.54. The lowest BCUT2D eigenvalue weighted by molar-refractivity contribution is 0.550. The number of nitrogens with one attached hydrogen (secondary N) is 1. The SMILES string of the molecule is CC(C)(c1cc(N)nc(-c2ccc(NC(N)=S)cc2)n1)S(=O)(=O)c1ccccc1. The standard InChI is InChI=1S/C20H21N5O2S2/c1-20(2,29(26,27)15-6-4-3-5-7-15)16-12-17(21)25-18(24-16)13-8-10-14(11-9-13)23-19(22)28/h3-12H,1-2H3,(H2,21,24,25)(H3,22,23,28). The van der Waals surface area contributed by atoms with Gasteiger partial charge in [0.2, 0.25) is 0 Å². The molecule has 0 unspecified atom stereocenters. The monoisotopic (exact) mass is 427 g/mol. The first-order valence-electron chi connectivity index (χ1n) is 8.73. The molecule has 7 nitrogen and oxygen atoms in total. The van der Waals surface area contributed by atoms with Crippen molar-refractivity contribution < 1.29 is 8.42 Å². The normalized spacial score (nSPS) is 11.8. The van der Waals surface area contributed by atoms with Crippen LogP contribution in [0.15, 0.2) is 65.6 Å². The Morgan fingerprint density at radius 1 is 1.03 bits per heavy atom. The predicted octanol–water partition coefficient (Wildman–Crippen LogP) is 3.09. The number of hydrogen-bond donors (Lipinski definition) is 3. The van der Waals surface area contributed by atoms with E-state index >= 15 is 0 Å². The molecule has 0 aliphatic heterocycles. The molecule has 9 heteroatoms. The number of anilines is 2. The van der Waals surface area contributed by atoms with Crippen molar-refractivity contribution in [1.82, 2.24) is 9.97 Å². The number of sulfone groups is 1. The van der Waals surface area contributed by atoms with Gasteiger partial charge in [-0.2, -0.15) is 0 Å². The maximum Gasteiger partial charge on any atom is 0.189 e. The lowest BCUT2D eigenvalue weighted by Crippen LogP contribution is -2.31. The average molecular weight is 428 g/mol. The molecule has 1 aromatic heterocycles. The van der Waals surface area contributed by atoms with Crippen molar-refractivity contribution in [3.63, 3.8) is 0 Å². The molecule has 0 fully saturated rings. The van der Waals surface area contributed by atoms with E-state index in [2.05, 4.69) is 15.3 Å². The van der Waals surface area contributed by atoms with Gasteiger partial charge in [0, 0.05) is 17.3 Å². The van der Waals surface area contributed by atoms with Crippen molar-refractivity contribution in [1.29, 1.82) is 0 Å². The molecule has 0 radical (unpaired) electrons. The van der Waals surface area contributed by atoms with Crippen LogP contribution in [0.4, 0.5) is 11.5 Å². The second-order valence-electron chi connectivity index (χ2n) is 6.90. The summed E-state index contributed by atoms with van der Waals surface area (Å²) in [4.78, 5) is 9.00. The van der Waals surface area contributed by atoms with Crippen LogP contribution in [0.2, 0.25) is 0 Å². The van der Waals surface area contributed by atoms with E-state index < -0.39 is 14.6 Å². The Bertz CT molecular complexity index is 1150. The molecule has 0 spiro atoms. The van der Waals surface area contributed by atoms with E-state index in [1.807, 2.05) is 0 Å². The molecule has 5 N–H and O–H groups in total. The molecule has 0 saturated heterocycles. The van der Waals surface area contributed by atoms with Gasteiger partial charge in [-0.1, -0.05) is 18.2 Å². The highest BCUT2D eigenvalue weighted by atomic mass is 32.2. The summed E-state index contributed by atoms with van der Waals surface area (Å²) in [5.74, 6) is 0.518. The second kappa shape index (κ2) is 7.76. The van der Waals surface area contributed by atoms with E-state index in [1.165, 1.54) is 6.07 Å². The van der Waals surface area contributed by atoms with Crippen LogP contribution in [0.3, 0.4) is 0 Å². The van der Waals surface area contributed by atoms with Crippen LogP contribution in [-0.4, -0.2) is 23.5 Å². The summed E-state index contributed by atoms with van der Waals surface area (Å²) in [5.41, 5.74) is 13.2. The van der Waals surface area contributed by atoms with Crippen molar-refractivity contribution in [3.05, 3.63) is 66.4 Å². The largest absolute Gasteiger partial charge is 0.384 e. The molecule has 0 atom stereocenters. The molecule has 0 bridgehead atoms. The zero-order chi connectivity index (χ0) is 21.2. The predicted molar refractivity (Wildman–Crippen MR) is 119 cm³/mol. The first-order valence-corrected chi connectivity index (χ1v) is 10.6. The first kappa shape index (κ1) is 20.7. The molecule has 0 aliphatic carbocycles. The number of benzene rings is 2. The fraction of sp³-hybridized carbons (Fsp3) is 0.150. The fourth-order valence-corrected chi connectivity index (χ4v) is 4.38. The number of thiocarbonyl (C=S) groups is 1. The summed E-state index contributed by atoms with van der Waals surface area (Å²) in [6, 6.07) is 16.9. The number of nitrogens with zero attached hydrogens (tertiary/aromatic N) is 2. The van der Waals surface area contributed by atoms with Gasteiger partial charge in [-0.25, -0.2) is 18.4 Å². The van der Waals surface area contributed by atoms with Gasteiger partial charge in [-0.3, -0.25) is 0 Å². The molecular weight excluding hydrogens is 406 g/mol. The van der Waals surface area contributed by atoms with Gasteiger partial charge < -0.3 is 16.8 Å². The van der Waals surface area contributed by atoms with Gasteiger partial charge in [0.05, 0.1) is 10.6 Å². The molecule has 3 aromatic rings. The van der Waals surface area contributed by atoms with Crippen LogP contribution in [0, 0.1) is 0 Å². The van der Waals surface area contributed by atoms with Crippen molar-refractivity contribution in [3.8, 4) is 11.4 Å². The Morgan fingerprint density at radius 3 is 2.24 bits per heavy atom. The van der Waals surface area contributed by atoms with Gasteiger partial charge in [-0.05, 0) is 62.5 Å². The Morgan fingerprint density at radius 2 is 1.66 bits per heavy atom. The van der Waals surface area contributed by atoms with E-state index in [4.69, 9.17) is 23.7 Å². The van der Waals surface area contributed by atoms with Crippen molar-refractivity contribution in [2.75, 3.05) is 11.1 Å². The molecule has 3 rings (SSSR count). The number of nitrogens with two attached hydrogens (primary N) is 2. The van der Waals surface area contributed by atoms with Crippen LogP contribution in [-0.2, 0) is 14.6 Å². The van der Waals surface area contributed by atoms with Gasteiger partial charge in [0.15, 0.2) is 20.8 Å². The maximum absolute atomic E-state index is 13.2. The topological polar surface area (TPSA) is 124 Å². The van der Waals surface area contributed by atoms with Gasteiger partial charge in [0.1, 0.15) is 10.6 Å². The van der Waals surface area contributed by atoms with Crippen LogP contribution in [0.1, 0.15) is 19.5 Å².